The van der Waals surface area contributed by atoms with E-state index in [9.17, 15) is 9.59 Å². The Morgan fingerprint density at radius 1 is 1.47 bits per heavy atom. The number of aromatic nitrogens is 1. The van der Waals surface area contributed by atoms with Gasteiger partial charge in [-0.2, -0.15) is 0 Å². The lowest BCUT2D eigenvalue weighted by Gasteiger charge is -2.14. The molecule has 0 saturated carbocycles. The first-order valence-corrected chi connectivity index (χ1v) is 5.34. The van der Waals surface area contributed by atoms with Crippen molar-refractivity contribution in [2.45, 2.75) is 27.3 Å². The molecule has 1 rings (SSSR count). The van der Waals surface area contributed by atoms with Gasteiger partial charge in [-0.3, -0.25) is 9.59 Å². The number of nitrogens with one attached hydrogen (secondary N) is 1. The van der Waals surface area contributed by atoms with Crippen LogP contribution in [0.3, 0.4) is 0 Å². The zero-order valence-electron chi connectivity index (χ0n) is 10.1. The van der Waals surface area contributed by atoms with Crippen LogP contribution in [0.2, 0.25) is 0 Å². The lowest BCUT2D eigenvalue weighted by Crippen LogP contribution is -2.34. The molecule has 0 aliphatic rings. The molecule has 0 bridgehead atoms. The fourth-order valence-electron chi connectivity index (χ4n) is 1.28. The first-order chi connectivity index (χ1) is 7.91. The molecule has 1 aromatic heterocycles. The van der Waals surface area contributed by atoms with Gasteiger partial charge in [0.05, 0.1) is 12.5 Å². The summed E-state index contributed by atoms with van der Waals surface area (Å²) in [6.07, 6.45) is 0. The van der Waals surface area contributed by atoms with Crippen LogP contribution in [0, 0.1) is 18.8 Å². The van der Waals surface area contributed by atoms with Crippen LogP contribution in [-0.4, -0.2) is 22.1 Å². The standard InChI is InChI=1S/C11H16N2O4/c1-6-4-9(13-17-6)5-12-10(14)7(2)8(3)11(15)16/h4,7-8H,5H2,1-3H3,(H,12,14)(H,15,16). The van der Waals surface area contributed by atoms with Crippen LogP contribution >= 0.6 is 0 Å². The van der Waals surface area contributed by atoms with Crippen LogP contribution in [-0.2, 0) is 16.1 Å². The Balaban J connectivity index is 2.47. The number of carbonyl (C=O) groups is 2. The number of amides is 1. The summed E-state index contributed by atoms with van der Waals surface area (Å²) in [5.74, 6) is -1.92. The summed E-state index contributed by atoms with van der Waals surface area (Å²) < 4.78 is 4.85. The van der Waals surface area contributed by atoms with Crippen LogP contribution in [0.25, 0.3) is 0 Å². The Labute approximate surface area is 99.0 Å². The van der Waals surface area contributed by atoms with Gasteiger partial charge in [-0.15, -0.1) is 0 Å². The maximum absolute atomic E-state index is 11.6. The topological polar surface area (TPSA) is 92.4 Å². The Bertz CT molecular complexity index is 413. The maximum atomic E-state index is 11.6. The van der Waals surface area contributed by atoms with E-state index in [4.69, 9.17) is 9.63 Å². The first kappa shape index (κ1) is 13.2. The number of carbonyl (C=O) groups excluding carboxylic acids is 1. The molecule has 0 spiro atoms. The number of aliphatic carboxylic acids is 1. The molecule has 2 atom stereocenters. The van der Waals surface area contributed by atoms with E-state index in [0.717, 1.165) is 0 Å². The van der Waals surface area contributed by atoms with Crippen molar-refractivity contribution in [3.05, 3.63) is 17.5 Å². The summed E-state index contributed by atoms with van der Waals surface area (Å²) in [5, 5.41) is 15.1. The van der Waals surface area contributed by atoms with Crippen molar-refractivity contribution >= 4 is 11.9 Å². The van der Waals surface area contributed by atoms with Crippen molar-refractivity contribution in [1.82, 2.24) is 10.5 Å². The second-order valence-electron chi connectivity index (χ2n) is 4.06. The van der Waals surface area contributed by atoms with Gasteiger partial charge in [-0.1, -0.05) is 19.0 Å². The van der Waals surface area contributed by atoms with Gasteiger partial charge >= 0.3 is 5.97 Å². The van der Waals surface area contributed by atoms with E-state index >= 15 is 0 Å². The monoisotopic (exact) mass is 240 g/mol. The maximum Gasteiger partial charge on any atom is 0.307 e. The molecule has 0 fully saturated rings. The minimum Gasteiger partial charge on any atom is -0.481 e. The Hall–Kier alpha value is -1.85. The van der Waals surface area contributed by atoms with E-state index in [1.807, 2.05) is 0 Å². The molecule has 0 aliphatic carbocycles. The highest BCUT2D eigenvalue weighted by atomic mass is 16.5. The quantitative estimate of drug-likeness (QED) is 0.799. The Morgan fingerprint density at radius 3 is 2.59 bits per heavy atom. The van der Waals surface area contributed by atoms with Crippen LogP contribution in [0.1, 0.15) is 25.3 Å². The molecule has 1 aromatic rings. The highest BCUT2D eigenvalue weighted by molar-refractivity contribution is 5.84. The highest BCUT2D eigenvalue weighted by Gasteiger charge is 2.25. The third kappa shape index (κ3) is 3.58. The van der Waals surface area contributed by atoms with Crippen molar-refractivity contribution in [2.75, 3.05) is 0 Å². The van der Waals surface area contributed by atoms with Crippen molar-refractivity contribution in [2.24, 2.45) is 11.8 Å². The molecule has 6 nitrogen and oxygen atoms in total. The summed E-state index contributed by atoms with van der Waals surface area (Å²) in [7, 11) is 0. The summed E-state index contributed by atoms with van der Waals surface area (Å²) in [5.41, 5.74) is 0.617. The number of hydrogen-bond donors (Lipinski definition) is 2. The van der Waals surface area contributed by atoms with Crippen LogP contribution in [0.5, 0.6) is 0 Å². The zero-order valence-corrected chi connectivity index (χ0v) is 10.1. The first-order valence-electron chi connectivity index (χ1n) is 5.34. The van der Waals surface area contributed by atoms with E-state index in [0.29, 0.717) is 11.5 Å². The molecule has 1 heterocycles. The van der Waals surface area contributed by atoms with Gasteiger partial charge in [0.15, 0.2) is 0 Å². The zero-order chi connectivity index (χ0) is 13.0. The van der Waals surface area contributed by atoms with Crippen molar-refractivity contribution < 1.29 is 19.2 Å². The summed E-state index contributed by atoms with van der Waals surface area (Å²) in [6.45, 7) is 5.09. The van der Waals surface area contributed by atoms with E-state index in [-0.39, 0.29) is 12.5 Å². The average Bonchev–Trinajstić information content (AvgIpc) is 2.69. The molecule has 2 unspecified atom stereocenters. The minimum atomic E-state index is -0.982. The van der Waals surface area contributed by atoms with Crippen molar-refractivity contribution in [3.8, 4) is 0 Å². The van der Waals surface area contributed by atoms with Gasteiger partial charge in [0.25, 0.3) is 0 Å². The third-order valence-electron chi connectivity index (χ3n) is 2.67. The van der Waals surface area contributed by atoms with Crippen LogP contribution < -0.4 is 5.32 Å². The molecule has 2 N–H and O–H groups in total. The Morgan fingerprint density at radius 2 is 2.12 bits per heavy atom. The summed E-state index contributed by atoms with van der Waals surface area (Å²) in [4.78, 5) is 22.4. The van der Waals surface area contributed by atoms with Crippen molar-refractivity contribution in [1.29, 1.82) is 0 Å². The largest absolute Gasteiger partial charge is 0.481 e. The summed E-state index contributed by atoms with van der Waals surface area (Å²) in [6, 6.07) is 1.71. The summed E-state index contributed by atoms with van der Waals surface area (Å²) >= 11 is 0. The van der Waals surface area contributed by atoms with Gasteiger partial charge in [-0.05, 0) is 6.92 Å². The number of rotatable bonds is 5. The molecule has 0 saturated heterocycles. The lowest BCUT2D eigenvalue weighted by molar-refractivity contribution is -0.146. The highest BCUT2D eigenvalue weighted by Crippen LogP contribution is 2.11. The second kappa shape index (κ2) is 5.47. The smallest absolute Gasteiger partial charge is 0.307 e. The van der Waals surface area contributed by atoms with E-state index < -0.39 is 17.8 Å². The number of carboxylic acid groups (broad SMARTS) is 1. The van der Waals surface area contributed by atoms with Crippen LogP contribution in [0.15, 0.2) is 10.6 Å². The number of carboxylic acids is 1. The van der Waals surface area contributed by atoms with Crippen molar-refractivity contribution in [3.63, 3.8) is 0 Å². The molecule has 0 aromatic carbocycles. The molecule has 94 valence electrons. The van der Waals surface area contributed by atoms with E-state index in [2.05, 4.69) is 10.5 Å². The molecule has 0 radical (unpaired) electrons. The number of hydrogen-bond acceptors (Lipinski definition) is 4. The van der Waals surface area contributed by atoms with Crippen LogP contribution in [0.4, 0.5) is 0 Å². The van der Waals surface area contributed by atoms with Gasteiger partial charge in [-0.25, -0.2) is 0 Å². The molecule has 1 amide bonds. The minimum absolute atomic E-state index is 0.243. The predicted octanol–water partition coefficient (Wildman–Crippen LogP) is 0.956. The van der Waals surface area contributed by atoms with Gasteiger partial charge < -0.3 is 14.9 Å². The van der Waals surface area contributed by atoms with E-state index in [1.54, 1.807) is 19.9 Å². The molecule has 0 aliphatic heterocycles. The van der Waals surface area contributed by atoms with Gasteiger partial charge in [0, 0.05) is 12.0 Å². The molecular weight excluding hydrogens is 224 g/mol. The molecule has 17 heavy (non-hydrogen) atoms. The normalized spacial score (nSPS) is 14.1. The predicted molar refractivity (Wildman–Crippen MR) is 59.1 cm³/mol. The Kier molecular flexibility index (Phi) is 4.25. The van der Waals surface area contributed by atoms with Gasteiger partial charge in [0.1, 0.15) is 11.5 Å². The fourth-order valence-corrected chi connectivity index (χ4v) is 1.28. The average molecular weight is 240 g/mol. The molecule has 6 heteroatoms. The number of nitrogens with zero attached hydrogens (tertiary/aromatic N) is 1. The second-order valence-corrected chi connectivity index (χ2v) is 4.06. The SMILES string of the molecule is Cc1cc(CNC(=O)C(C)C(C)C(=O)O)no1. The molecular formula is C11H16N2O4. The lowest BCUT2D eigenvalue weighted by atomic mass is 9.95. The third-order valence-corrected chi connectivity index (χ3v) is 2.67. The fraction of sp³-hybridized carbons (Fsp3) is 0.545. The number of aryl methyl sites for hydroxylation is 1. The van der Waals surface area contributed by atoms with E-state index in [1.165, 1.54) is 6.92 Å². The van der Waals surface area contributed by atoms with Gasteiger partial charge in [0.2, 0.25) is 5.91 Å².